The molecule has 6 heteroatoms. The van der Waals surface area contributed by atoms with E-state index in [0.29, 0.717) is 5.69 Å². The minimum Gasteiger partial charge on any atom is -0.397 e. The summed E-state index contributed by atoms with van der Waals surface area (Å²) in [5, 5.41) is 2.94. The molecule has 0 radical (unpaired) electrons. The van der Waals surface area contributed by atoms with Crippen molar-refractivity contribution in [3.05, 3.63) is 47.2 Å². The quantitative estimate of drug-likeness (QED) is 0.673. The molecular formula is C13H12ClN3OS. The normalized spacial score (nSPS) is 10.2. The van der Waals surface area contributed by atoms with Crippen molar-refractivity contribution < 1.29 is 4.79 Å². The van der Waals surface area contributed by atoms with Crippen molar-refractivity contribution in [1.29, 1.82) is 0 Å². The molecule has 1 heterocycles. The summed E-state index contributed by atoms with van der Waals surface area (Å²) in [6, 6.07) is 9.04. The molecule has 0 saturated heterocycles. The summed E-state index contributed by atoms with van der Waals surface area (Å²) in [6.07, 6.45) is 3.36. The first-order chi connectivity index (χ1) is 9.11. The predicted octanol–water partition coefficient (Wildman–Crippen LogP) is 3.29. The molecule has 0 aliphatic heterocycles. The fourth-order valence-corrected chi connectivity index (χ4v) is 2.30. The number of carbonyl (C=O) groups excluding carboxylic acids is 1. The first-order valence-corrected chi connectivity index (χ1v) is 7.07. The highest BCUT2D eigenvalue weighted by Gasteiger charge is 2.13. The van der Waals surface area contributed by atoms with Crippen molar-refractivity contribution in [3.8, 4) is 0 Å². The van der Waals surface area contributed by atoms with Gasteiger partial charge in [-0.3, -0.25) is 4.79 Å². The van der Waals surface area contributed by atoms with Crippen LogP contribution in [0.25, 0.3) is 0 Å². The third-order valence-electron chi connectivity index (χ3n) is 2.46. The minimum absolute atomic E-state index is 0.133. The second-order valence-corrected chi connectivity index (χ2v) is 4.97. The molecular weight excluding hydrogens is 282 g/mol. The topological polar surface area (TPSA) is 68.0 Å². The highest BCUT2D eigenvalue weighted by atomic mass is 35.5. The third-order valence-corrected chi connectivity index (χ3v) is 3.56. The van der Waals surface area contributed by atoms with E-state index < -0.39 is 0 Å². The van der Waals surface area contributed by atoms with Gasteiger partial charge in [0, 0.05) is 4.90 Å². The van der Waals surface area contributed by atoms with Gasteiger partial charge in [0.15, 0.2) is 0 Å². The minimum atomic E-state index is -0.327. The SMILES string of the molecule is CSc1ccccc1NC(=O)c1cc(N)cnc1Cl. The van der Waals surface area contributed by atoms with Crippen LogP contribution in [0.3, 0.4) is 0 Å². The molecule has 98 valence electrons. The van der Waals surface area contributed by atoms with Gasteiger partial charge < -0.3 is 11.1 Å². The number of aromatic nitrogens is 1. The lowest BCUT2D eigenvalue weighted by atomic mass is 10.2. The molecule has 2 rings (SSSR count). The second kappa shape index (κ2) is 5.95. The predicted molar refractivity (Wildman–Crippen MR) is 79.8 cm³/mol. The van der Waals surface area contributed by atoms with Gasteiger partial charge in [-0.1, -0.05) is 23.7 Å². The average Bonchev–Trinajstić information content (AvgIpc) is 2.42. The number of thioether (sulfide) groups is 1. The Morgan fingerprint density at radius 2 is 2.16 bits per heavy atom. The number of nitrogens with zero attached hydrogens (tertiary/aromatic N) is 1. The number of amides is 1. The Hall–Kier alpha value is -1.72. The number of para-hydroxylation sites is 1. The van der Waals surface area contributed by atoms with Crippen LogP contribution in [0.4, 0.5) is 11.4 Å². The van der Waals surface area contributed by atoms with Crippen molar-refractivity contribution in [2.45, 2.75) is 4.90 Å². The zero-order valence-electron chi connectivity index (χ0n) is 10.2. The average molecular weight is 294 g/mol. The lowest BCUT2D eigenvalue weighted by molar-refractivity contribution is 0.102. The van der Waals surface area contributed by atoms with E-state index in [-0.39, 0.29) is 16.6 Å². The number of rotatable bonds is 3. The van der Waals surface area contributed by atoms with Crippen LogP contribution in [0.2, 0.25) is 5.15 Å². The number of anilines is 2. The Labute approximate surface area is 120 Å². The highest BCUT2D eigenvalue weighted by molar-refractivity contribution is 7.98. The number of hydrogen-bond donors (Lipinski definition) is 2. The zero-order chi connectivity index (χ0) is 13.8. The van der Waals surface area contributed by atoms with Crippen LogP contribution in [0, 0.1) is 0 Å². The van der Waals surface area contributed by atoms with Gasteiger partial charge in [0.25, 0.3) is 5.91 Å². The van der Waals surface area contributed by atoms with Crippen LogP contribution in [-0.4, -0.2) is 17.1 Å². The van der Waals surface area contributed by atoms with Crippen LogP contribution in [0.1, 0.15) is 10.4 Å². The van der Waals surface area contributed by atoms with Gasteiger partial charge in [-0.15, -0.1) is 11.8 Å². The van der Waals surface area contributed by atoms with Crippen LogP contribution in [-0.2, 0) is 0 Å². The highest BCUT2D eigenvalue weighted by Crippen LogP contribution is 2.26. The zero-order valence-corrected chi connectivity index (χ0v) is 11.8. The first-order valence-electron chi connectivity index (χ1n) is 5.47. The maximum Gasteiger partial charge on any atom is 0.258 e. The van der Waals surface area contributed by atoms with Crippen LogP contribution >= 0.6 is 23.4 Å². The van der Waals surface area contributed by atoms with Crippen LogP contribution in [0.5, 0.6) is 0 Å². The molecule has 0 fully saturated rings. The van der Waals surface area contributed by atoms with Gasteiger partial charge in [-0.2, -0.15) is 0 Å². The number of hydrogen-bond acceptors (Lipinski definition) is 4. The molecule has 19 heavy (non-hydrogen) atoms. The lowest BCUT2D eigenvalue weighted by Gasteiger charge is -2.10. The standard InChI is InChI=1S/C13H12ClN3OS/c1-19-11-5-3-2-4-10(11)17-13(18)9-6-8(15)7-16-12(9)14/h2-7H,15H2,1H3,(H,17,18). The van der Waals surface area contributed by atoms with Crippen molar-refractivity contribution in [2.75, 3.05) is 17.3 Å². The number of carbonyl (C=O) groups is 1. The largest absolute Gasteiger partial charge is 0.397 e. The Kier molecular flexibility index (Phi) is 4.29. The van der Waals surface area contributed by atoms with Gasteiger partial charge in [0.2, 0.25) is 0 Å². The summed E-state index contributed by atoms with van der Waals surface area (Å²) in [4.78, 5) is 17.0. The number of nitrogens with one attached hydrogen (secondary N) is 1. The number of pyridine rings is 1. The molecule has 0 spiro atoms. The summed E-state index contributed by atoms with van der Waals surface area (Å²) in [5.74, 6) is -0.327. The Bertz CT molecular complexity index is 619. The summed E-state index contributed by atoms with van der Waals surface area (Å²) in [5.41, 5.74) is 7.00. The summed E-state index contributed by atoms with van der Waals surface area (Å²) in [6.45, 7) is 0. The second-order valence-electron chi connectivity index (χ2n) is 3.76. The third kappa shape index (κ3) is 3.19. The molecule has 0 aliphatic rings. The van der Waals surface area contributed by atoms with Crippen molar-refractivity contribution in [2.24, 2.45) is 0 Å². The van der Waals surface area contributed by atoms with E-state index in [1.807, 2.05) is 30.5 Å². The number of halogens is 1. The number of benzene rings is 1. The van der Waals surface area contributed by atoms with E-state index in [4.69, 9.17) is 17.3 Å². The first kappa shape index (κ1) is 13.7. The molecule has 0 atom stereocenters. The molecule has 0 unspecified atom stereocenters. The maximum absolute atomic E-state index is 12.2. The van der Waals surface area contributed by atoms with E-state index in [9.17, 15) is 4.79 Å². The fraction of sp³-hybridized carbons (Fsp3) is 0.0769. The van der Waals surface area contributed by atoms with Crippen LogP contribution < -0.4 is 11.1 Å². The fourth-order valence-electron chi connectivity index (χ4n) is 1.56. The smallest absolute Gasteiger partial charge is 0.258 e. The van der Waals surface area contributed by atoms with Gasteiger partial charge in [0.1, 0.15) is 5.15 Å². The Morgan fingerprint density at radius 1 is 1.42 bits per heavy atom. The van der Waals surface area contributed by atoms with Gasteiger partial charge in [-0.05, 0) is 24.5 Å². The van der Waals surface area contributed by atoms with E-state index in [0.717, 1.165) is 10.6 Å². The van der Waals surface area contributed by atoms with Gasteiger partial charge >= 0.3 is 0 Å². The molecule has 3 N–H and O–H groups in total. The monoisotopic (exact) mass is 293 g/mol. The van der Waals surface area contributed by atoms with Gasteiger partial charge in [0.05, 0.1) is 23.1 Å². The molecule has 1 amide bonds. The Morgan fingerprint density at radius 3 is 2.89 bits per heavy atom. The van der Waals surface area contributed by atoms with E-state index >= 15 is 0 Å². The molecule has 0 saturated carbocycles. The number of nitrogens with two attached hydrogens (primary N) is 1. The van der Waals surface area contributed by atoms with E-state index in [2.05, 4.69) is 10.3 Å². The molecule has 2 aromatic rings. The maximum atomic E-state index is 12.2. The van der Waals surface area contributed by atoms with E-state index in [1.54, 1.807) is 11.8 Å². The molecule has 4 nitrogen and oxygen atoms in total. The molecule has 0 bridgehead atoms. The Balaban J connectivity index is 2.28. The van der Waals surface area contributed by atoms with Crippen LogP contribution in [0.15, 0.2) is 41.4 Å². The molecule has 1 aromatic heterocycles. The van der Waals surface area contributed by atoms with Crippen molar-refractivity contribution >= 4 is 40.6 Å². The lowest BCUT2D eigenvalue weighted by Crippen LogP contribution is -2.14. The van der Waals surface area contributed by atoms with Crippen molar-refractivity contribution in [3.63, 3.8) is 0 Å². The summed E-state index contributed by atoms with van der Waals surface area (Å²) in [7, 11) is 0. The molecule has 1 aromatic carbocycles. The number of nitrogen functional groups attached to an aromatic ring is 1. The summed E-state index contributed by atoms with van der Waals surface area (Å²) < 4.78 is 0. The summed E-state index contributed by atoms with van der Waals surface area (Å²) >= 11 is 7.45. The van der Waals surface area contributed by atoms with E-state index in [1.165, 1.54) is 12.3 Å². The van der Waals surface area contributed by atoms with Crippen molar-refractivity contribution in [1.82, 2.24) is 4.98 Å². The molecule has 0 aliphatic carbocycles. The van der Waals surface area contributed by atoms with Gasteiger partial charge in [-0.25, -0.2) is 4.98 Å².